The van der Waals surface area contributed by atoms with Crippen molar-refractivity contribution in [2.24, 2.45) is 5.73 Å². The van der Waals surface area contributed by atoms with Gasteiger partial charge in [0.05, 0.1) is 13.2 Å². The molecule has 0 aliphatic carbocycles. The Morgan fingerprint density at radius 2 is 2.14 bits per heavy atom. The van der Waals surface area contributed by atoms with E-state index in [1.165, 1.54) is 11.9 Å². The third-order valence-corrected chi connectivity index (χ3v) is 1.57. The molecule has 6 heteroatoms. The van der Waals surface area contributed by atoms with Crippen molar-refractivity contribution in [1.82, 2.24) is 10.2 Å². The van der Waals surface area contributed by atoms with Crippen LogP contribution in [0.5, 0.6) is 0 Å². The molecule has 0 heterocycles. The van der Waals surface area contributed by atoms with Crippen LogP contribution in [0.15, 0.2) is 0 Å². The van der Waals surface area contributed by atoms with Crippen molar-refractivity contribution in [2.75, 3.05) is 40.4 Å². The molecular weight excluding hydrogens is 186 g/mol. The van der Waals surface area contributed by atoms with Crippen LogP contribution >= 0.6 is 0 Å². The molecule has 0 saturated carbocycles. The Kier molecular flexibility index (Phi) is 6.69. The summed E-state index contributed by atoms with van der Waals surface area (Å²) in [5, 5.41) is 2.42. The van der Waals surface area contributed by atoms with Crippen molar-refractivity contribution < 1.29 is 14.3 Å². The molecule has 3 N–H and O–H groups in total. The van der Waals surface area contributed by atoms with Crippen molar-refractivity contribution in [1.29, 1.82) is 0 Å². The van der Waals surface area contributed by atoms with E-state index in [1.807, 2.05) is 0 Å². The topological polar surface area (TPSA) is 84.7 Å². The van der Waals surface area contributed by atoms with Gasteiger partial charge in [0.25, 0.3) is 0 Å². The van der Waals surface area contributed by atoms with E-state index in [0.29, 0.717) is 13.2 Å². The second kappa shape index (κ2) is 7.28. The molecule has 14 heavy (non-hydrogen) atoms. The van der Waals surface area contributed by atoms with Gasteiger partial charge in [-0.15, -0.1) is 0 Å². The predicted molar refractivity (Wildman–Crippen MR) is 51.6 cm³/mol. The lowest BCUT2D eigenvalue weighted by Gasteiger charge is -2.15. The number of hydrogen-bond acceptors (Lipinski definition) is 4. The molecule has 0 aliphatic heterocycles. The summed E-state index contributed by atoms with van der Waals surface area (Å²) in [6.45, 7) is 0.734. The first-order chi connectivity index (χ1) is 6.61. The summed E-state index contributed by atoms with van der Waals surface area (Å²) in [5.41, 5.74) is 5.18. The number of nitrogens with two attached hydrogens (primary N) is 1. The molecule has 0 fully saturated rings. The maximum Gasteiger partial charge on any atom is 0.248 e. The van der Waals surface area contributed by atoms with Crippen LogP contribution in [0, 0.1) is 0 Å². The lowest BCUT2D eigenvalue weighted by Crippen LogP contribution is -2.38. The van der Waals surface area contributed by atoms with Gasteiger partial charge in [0.2, 0.25) is 11.8 Å². The number of nitrogens with one attached hydrogen (secondary N) is 1. The van der Waals surface area contributed by atoms with Crippen LogP contribution in [0.2, 0.25) is 0 Å². The van der Waals surface area contributed by atoms with E-state index < -0.39 is 0 Å². The van der Waals surface area contributed by atoms with Gasteiger partial charge in [-0.25, -0.2) is 0 Å². The maximum atomic E-state index is 11.2. The van der Waals surface area contributed by atoms with Gasteiger partial charge in [0.1, 0.15) is 6.61 Å². The van der Waals surface area contributed by atoms with E-state index >= 15 is 0 Å². The summed E-state index contributed by atoms with van der Waals surface area (Å²) in [6.07, 6.45) is 0. The van der Waals surface area contributed by atoms with Crippen LogP contribution in [-0.2, 0) is 14.3 Å². The van der Waals surface area contributed by atoms with Crippen LogP contribution in [0.3, 0.4) is 0 Å². The predicted octanol–water partition coefficient (Wildman–Crippen LogP) is -1.83. The highest BCUT2D eigenvalue weighted by Gasteiger charge is 2.11. The smallest absolute Gasteiger partial charge is 0.248 e. The lowest BCUT2D eigenvalue weighted by atomic mass is 10.5. The Morgan fingerprint density at radius 3 is 2.64 bits per heavy atom. The maximum absolute atomic E-state index is 11.2. The Labute approximate surface area is 83.4 Å². The zero-order valence-corrected chi connectivity index (χ0v) is 8.58. The van der Waals surface area contributed by atoms with E-state index in [9.17, 15) is 9.59 Å². The van der Waals surface area contributed by atoms with Crippen LogP contribution in [0.1, 0.15) is 0 Å². The van der Waals surface area contributed by atoms with Crippen LogP contribution in [0.25, 0.3) is 0 Å². The average molecular weight is 203 g/mol. The summed E-state index contributed by atoms with van der Waals surface area (Å²) in [6, 6.07) is 0. The van der Waals surface area contributed by atoms with E-state index in [2.05, 4.69) is 5.32 Å². The molecule has 0 radical (unpaired) electrons. The van der Waals surface area contributed by atoms with Gasteiger partial charge in [-0.1, -0.05) is 0 Å². The summed E-state index contributed by atoms with van der Waals surface area (Å²) in [4.78, 5) is 23.4. The molecule has 82 valence electrons. The van der Waals surface area contributed by atoms with E-state index in [0.717, 1.165) is 0 Å². The molecule has 0 rings (SSSR count). The first-order valence-corrected chi connectivity index (χ1v) is 4.34. The fourth-order valence-corrected chi connectivity index (χ4v) is 0.736. The molecule has 0 saturated heterocycles. The molecule has 0 unspecified atom stereocenters. The third kappa shape index (κ3) is 5.50. The number of amides is 2. The molecule has 6 nitrogen and oxygen atoms in total. The first kappa shape index (κ1) is 12.9. The van der Waals surface area contributed by atoms with E-state index in [-0.39, 0.29) is 25.0 Å². The SMILES string of the molecule is CNC(=O)CN(C)C(=O)COCCN. The van der Waals surface area contributed by atoms with Crippen LogP contribution in [-0.4, -0.2) is 57.1 Å². The van der Waals surface area contributed by atoms with Gasteiger partial charge in [-0.3, -0.25) is 9.59 Å². The van der Waals surface area contributed by atoms with Crippen molar-refractivity contribution in [3.63, 3.8) is 0 Å². The van der Waals surface area contributed by atoms with Crippen molar-refractivity contribution in [2.45, 2.75) is 0 Å². The van der Waals surface area contributed by atoms with Crippen LogP contribution < -0.4 is 11.1 Å². The number of likely N-dealkylation sites (N-methyl/N-ethyl adjacent to an activating group) is 2. The lowest BCUT2D eigenvalue weighted by molar-refractivity contribution is -0.138. The number of hydrogen-bond donors (Lipinski definition) is 2. The Balaban J connectivity index is 3.70. The summed E-state index contributed by atoms with van der Waals surface area (Å²) in [7, 11) is 3.06. The first-order valence-electron chi connectivity index (χ1n) is 4.34. The highest BCUT2D eigenvalue weighted by Crippen LogP contribution is 1.86. The van der Waals surface area contributed by atoms with E-state index in [1.54, 1.807) is 7.05 Å². The molecule has 0 aliphatic rings. The van der Waals surface area contributed by atoms with Gasteiger partial charge in [-0.2, -0.15) is 0 Å². The third-order valence-electron chi connectivity index (χ3n) is 1.57. The second-order valence-electron chi connectivity index (χ2n) is 2.76. The van der Waals surface area contributed by atoms with Crippen molar-refractivity contribution in [3.8, 4) is 0 Å². The Hall–Kier alpha value is -1.14. The Morgan fingerprint density at radius 1 is 1.50 bits per heavy atom. The standard InChI is InChI=1S/C8H17N3O3/c1-10-7(12)5-11(2)8(13)6-14-4-3-9/h3-6,9H2,1-2H3,(H,10,12). The molecule has 0 atom stereocenters. The molecule has 0 aromatic rings. The zero-order chi connectivity index (χ0) is 11.0. The van der Waals surface area contributed by atoms with Gasteiger partial charge in [-0.05, 0) is 0 Å². The monoisotopic (exact) mass is 203 g/mol. The summed E-state index contributed by atoms with van der Waals surface area (Å²) in [5.74, 6) is -0.443. The largest absolute Gasteiger partial charge is 0.370 e. The van der Waals surface area contributed by atoms with Crippen LogP contribution in [0.4, 0.5) is 0 Å². The quantitative estimate of drug-likeness (QED) is 0.497. The number of rotatable bonds is 6. The Bertz CT molecular complexity index is 196. The number of nitrogens with zero attached hydrogens (tertiary/aromatic N) is 1. The van der Waals surface area contributed by atoms with Crippen molar-refractivity contribution in [3.05, 3.63) is 0 Å². The molecular formula is C8H17N3O3. The molecule has 0 bridgehead atoms. The minimum Gasteiger partial charge on any atom is -0.370 e. The fourth-order valence-electron chi connectivity index (χ4n) is 0.736. The molecule has 0 aromatic heterocycles. The normalized spacial score (nSPS) is 9.64. The van der Waals surface area contributed by atoms with Gasteiger partial charge in [0.15, 0.2) is 0 Å². The molecule has 0 aromatic carbocycles. The number of carbonyl (C=O) groups excluding carboxylic acids is 2. The molecule has 2 amide bonds. The second-order valence-corrected chi connectivity index (χ2v) is 2.76. The van der Waals surface area contributed by atoms with Gasteiger partial charge < -0.3 is 20.7 Å². The summed E-state index contributed by atoms with van der Waals surface area (Å²) < 4.78 is 4.93. The number of carbonyl (C=O) groups is 2. The summed E-state index contributed by atoms with van der Waals surface area (Å²) >= 11 is 0. The minimum absolute atomic E-state index is 0.0370. The average Bonchev–Trinajstić information content (AvgIpc) is 2.17. The molecule has 0 spiro atoms. The van der Waals surface area contributed by atoms with E-state index in [4.69, 9.17) is 10.5 Å². The highest BCUT2D eigenvalue weighted by molar-refractivity contribution is 5.84. The zero-order valence-electron chi connectivity index (χ0n) is 8.58. The highest BCUT2D eigenvalue weighted by atomic mass is 16.5. The van der Waals surface area contributed by atoms with Gasteiger partial charge >= 0.3 is 0 Å². The number of ether oxygens (including phenoxy) is 1. The van der Waals surface area contributed by atoms with Gasteiger partial charge in [0, 0.05) is 20.6 Å². The van der Waals surface area contributed by atoms with Crippen molar-refractivity contribution >= 4 is 11.8 Å². The fraction of sp³-hybridized carbons (Fsp3) is 0.750. The minimum atomic E-state index is -0.234.